The van der Waals surface area contributed by atoms with Gasteiger partial charge < -0.3 is 34.0 Å². The van der Waals surface area contributed by atoms with Crippen LogP contribution in [0.25, 0.3) is 11.1 Å². The van der Waals surface area contributed by atoms with Crippen LogP contribution in [0.4, 0.5) is 10.5 Å². The van der Waals surface area contributed by atoms with Crippen molar-refractivity contribution in [2.24, 2.45) is 28.3 Å². The van der Waals surface area contributed by atoms with Crippen LogP contribution in [0.5, 0.6) is 17.2 Å². The van der Waals surface area contributed by atoms with Gasteiger partial charge in [-0.1, -0.05) is 100 Å². The third-order valence-electron chi connectivity index (χ3n) is 13.1. The van der Waals surface area contributed by atoms with Crippen molar-refractivity contribution in [3.8, 4) is 28.4 Å². The zero-order chi connectivity index (χ0) is 48.3. The van der Waals surface area contributed by atoms with Crippen LogP contribution in [-0.2, 0) is 20.9 Å². The van der Waals surface area contributed by atoms with Crippen LogP contribution < -0.4 is 9.47 Å². The lowest BCUT2D eigenvalue weighted by molar-refractivity contribution is -0.384. The molecule has 1 saturated carbocycles. The summed E-state index contributed by atoms with van der Waals surface area (Å²) in [5, 5.41) is 36.3. The number of rotatable bonds is 22. The van der Waals surface area contributed by atoms with Crippen LogP contribution >= 0.6 is 0 Å². The number of nitro groups is 1. The molecule has 0 spiro atoms. The van der Waals surface area contributed by atoms with Gasteiger partial charge in [-0.15, -0.1) is 6.58 Å². The van der Waals surface area contributed by atoms with Gasteiger partial charge in [0.2, 0.25) is 5.79 Å². The molecule has 7 rings (SSSR count). The predicted molar refractivity (Wildman–Crippen MR) is 263 cm³/mol. The molecule has 13 nitrogen and oxygen atoms in total. The Kier molecular flexibility index (Phi) is 16.8. The smallest absolute Gasteiger partial charge is 0.410 e. The molecule has 0 aromatic heterocycles. The number of aliphatic hydroxyl groups is 2. The zero-order valence-electron chi connectivity index (χ0n) is 39.9. The molecule has 0 unspecified atom stereocenters. The fraction of sp³-hybridized carbons (Fsp3) is 0.455. The highest BCUT2D eigenvalue weighted by Crippen LogP contribution is 2.62. The first-order chi connectivity index (χ1) is 32.9. The lowest BCUT2D eigenvalue weighted by Crippen LogP contribution is -2.70. The van der Waals surface area contributed by atoms with E-state index < -0.39 is 28.8 Å². The molecule has 4 aromatic rings. The monoisotopic (exact) mass is 929 g/mol. The van der Waals surface area contributed by atoms with Gasteiger partial charge in [-0.2, -0.15) is 0 Å². The number of nitro benzene ring substituents is 1. The number of non-ortho nitro benzene ring substituents is 1. The second-order valence-electron chi connectivity index (χ2n) is 19.3. The van der Waals surface area contributed by atoms with Crippen LogP contribution in [0.15, 0.2) is 127 Å². The minimum Gasteiger partial charge on any atom is -0.459 e. The average molecular weight is 930 g/mol. The molecule has 1 aliphatic heterocycles. The van der Waals surface area contributed by atoms with Crippen LogP contribution in [0.2, 0.25) is 0 Å². The van der Waals surface area contributed by atoms with Crippen molar-refractivity contribution in [1.82, 2.24) is 4.90 Å². The summed E-state index contributed by atoms with van der Waals surface area (Å²) in [6.07, 6.45) is 8.73. The number of oxime groups is 1. The van der Waals surface area contributed by atoms with Crippen molar-refractivity contribution in [3.05, 3.63) is 143 Å². The first-order valence-electron chi connectivity index (χ1n) is 24.1. The van der Waals surface area contributed by atoms with Gasteiger partial charge in [-0.3, -0.25) is 15.0 Å². The lowest BCUT2D eigenvalue weighted by atomic mass is 9.55. The number of hydrogen-bond donors (Lipinski definition) is 2. The SMILES string of the molecule is C=CCO[C@@]12Oc3ccc(Oc4ccc(-c5ccccc5)cc4)cc3[C@H]3[C@H](CCCCO)[C@@H](CCCCO)C=C(C(=NOCc4ccc([N+](=O)[O-])cc4)C[C@@H]1N(CCC)C(=O)OCC(C)(C)C)[C@H]32. The highest BCUT2D eigenvalue weighted by molar-refractivity contribution is 6.03. The zero-order valence-corrected chi connectivity index (χ0v) is 39.9. The minimum absolute atomic E-state index is 0.0113. The van der Waals surface area contributed by atoms with Crippen molar-refractivity contribution in [3.63, 3.8) is 0 Å². The van der Waals surface area contributed by atoms with E-state index in [2.05, 4.69) is 30.9 Å². The Morgan fingerprint density at radius 3 is 2.29 bits per heavy atom. The molecule has 1 amide bonds. The summed E-state index contributed by atoms with van der Waals surface area (Å²) < 4.78 is 27.2. The molecule has 6 atom stereocenters. The van der Waals surface area contributed by atoms with Crippen molar-refractivity contribution >= 4 is 17.5 Å². The van der Waals surface area contributed by atoms with Gasteiger partial charge in [0.15, 0.2) is 0 Å². The molecule has 4 aromatic carbocycles. The van der Waals surface area contributed by atoms with Gasteiger partial charge in [0.25, 0.3) is 5.69 Å². The summed E-state index contributed by atoms with van der Waals surface area (Å²) in [4.78, 5) is 33.5. The molecule has 0 saturated heterocycles. The highest BCUT2D eigenvalue weighted by Gasteiger charge is 2.65. The lowest BCUT2D eigenvalue weighted by Gasteiger charge is -2.60. The molecule has 1 heterocycles. The third kappa shape index (κ3) is 11.6. The van der Waals surface area contributed by atoms with Gasteiger partial charge in [-0.25, -0.2) is 4.79 Å². The Balaban J connectivity index is 1.39. The molecule has 2 N–H and O–H groups in total. The van der Waals surface area contributed by atoms with Crippen molar-refractivity contribution in [2.75, 3.05) is 33.0 Å². The fourth-order valence-electron chi connectivity index (χ4n) is 10.1. The van der Waals surface area contributed by atoms with E-state index in [0.29, 0.717) is 54.3 Å². The Morgan fingerprint density at radius 2 is 1.63 bits per heavy atom. The summed E-state index contributed by atoms with van der Waals surface area (Å²) in [5.41, 5.74) is 5.03. The number of allylic oxidation sites excluding steroid dienone is 1. The minimum atomic E-state index is -1.45. The molecule has 13 heteroatoms. The molecule has 362 valence electrons. The molecule has 3 aliphatic rings. The standard InChI is InChI=1S/C55H67N3O10/c1-6-29-57(53(61)64-37-54(3,4)5)50-35-48(56-66-36-38-19-23-42(24-20-38)58(62)63)46-33-41(17-11-13-30-59)45(18-12-14-31-60)51-47-34-44(27-28-49(47)68-55(50,52(46)51)65-32-7-2)67-43-25-21-40(22-26-43)39-15-9-8-10-16-39/h7-10,15-16,19-28,33-34,41,45,50-52,59-60H,2,6,11-14,17-18,29-32,35-37H2,1,3-5H3/t41-,45+,50-,51+,52+,55+/m0/s1. The molecular weight excluding hydrogens is 863 g/mol. The summed E-state index contributed by atoms with van der Waals surface area (Å²) in [5.74, 6) is -0.285. The molecule has 0 radical (unpaired) electrons. The largest absolute Gasteiger partial charge is 0.459 e. The number of hydrogen-bond acceptors (Lipinski definition) is 11. The van der Waals surface area contributed by atoms with E-state index in [1.165, 1.54) is 12.1 Å². The number of unbranched alkanes of at least 4 members (excludes halogenated alkanes) is 2. The molecule has 2 aliphatic carbocycles. The predicted octanol–water partition coefficient (Wildman–Crippen LogP) is 11.8. The summed E-state index contributed by atoms with van der Waals surface area (Å²) in [6, 6.07) is 29.6. The summed E-state index contributed by atoms with van der Waals surface area (Å²) >= 11 is 0. The number of carbonyl (C=O) groups is 1. The summed E-state index contributed by atoms with van der Waals surface area (Å²) in [7, 11) is 0. The van der Waals surface area contributed by atoms with Crippen LogP contribution in [0.3, 0.4) is 0 Å². The van der Waals surface area contributed by atoms with Crippen molar-refractivity contribution < 1.29 is 43.7 Å². The van der Waals surface area contributed by atoms with E-state index in [1.807, 2.05) is 82.3 Å². The Bertz CT molecular complexity index is 2380. The first kappa shape index (κ1) is 49.9. The number of aliphatic hydroxyl groups excluding tert-OH is 2. The maximum Gasteiger partial charge on any atom is 0.410 e. The van der Waals surface area contributed by atoms with Gasteiger partial charge in [0.1, 0.15) is 29.9 Å². The molecule has 68 heavy (non-hydrogen) atoms. The summed E-state index contributed by atoms with van der Waals surface area (Å²) in [6.45, 7) is 13.0. The Hall–Kier alpha value is -6.02. The number of fused-ring (bicyclic) bond motifs is 2. The fourth-order valence-corrected chi connectivity index (χ4v) is 10.1. The normalized spacial score (nSPS) is 22.2. The van der Waals surface area contributed by atoms with E-state index in [4.69, 9.17) is 28.9 Å². The maximum absolute atomic E-state index is 14.6. The van der Waals surface area contributed by atoms with Crippen molar-refractivity contribution in [1.29, 1.82) is 0 Å². The van der Waals surface area contributed by atoms with E-state index in [9.17, 15) is 25.1 Å². The Morgan fingerprint density at radius 1 is 0.941 bits per heavy atom. The van der Waals surface area contributed by atoms with Gasteiger partial charge >= 0.3 is 6.09 Å². The molecule has 1 fully saturated rings. The van der Waals surface area contributed by atoms with Gasteiger partial charge in [0.05, 0.1) is 29.8 Å². The van der Waals surface area contributed by atoms with E-state index >= 15 is 0 Å². The second kappa shape index (κ2) is 22.9. The van der Waals surface area contributed by atoms with Crippen LogP contribution in [0, 0.1) is 33.3 Å². The second-order valence-corrected chi connectivity index (χ2v) is 19.3. The third-order valence-corrected chi connectivity index (χ3v) is 13.1. The van der Waals surface area contributed by atoms with E-state index in [-0.39, 0.29) is 68.3 Å². The molecular formula is C55H67N3O10. The quantitative estimate of drug-likeness (QED) is 0.0336. The highest BCUT2D eigenvalue weighted by atomic mass is 16.7. The Labute approximate surface area is 400 Å². The van der Waals surface area contributed by atoms with Crippen LogP contribution in [-0.4, -0.2) is 76.6 Å². The maximum atomic E-state index is 14.6. The first-order valence-corrected chi connectivity index (χ1v) is 24.1. The number of amides is 1. The van der Waals surface area contributed by atoms with Gasteiger partial charge in [0, 0.05) is 49.8 Å². The topological polar surface area (TPSA) is 162 Å². The van der Waals surface area contributed by atoms with Crippen LogP contribution in [0.1, 0.15) is 96.1 Å². The number of nitrogens with zero attached hydrogens (tertiary/aromatic N) is 3. The number of carbonyl (C=O) groups excluding carboxylic acids is 1. The van der Waals surface area contributed by atoms with Gasteiger partial charge in [-0.05, 0) is 114 Å². The number of benzene rings is 4. The molecule has 0 bridgehead atoms. The van der Waals surface area contributed by atoms with E-state index in [1.54, 1.807) is 23.1 Å². The van der Waals surface area contributed by atoms with E-state index in [0.717, 1.165) is 47.9 Å². The average Bonchev–Trinajstić information content (AvgIpc) is 3.33. The number of ether oxygens (including phenoxy) is 4. The van der Waals surface area contributed by atoms with Crippen molar-refractivity contribution in [2.45, 2.75) is 103 Å².